The van der Waals surface area contributed by atoms with Crippen LogP contribution >= 0.6 is 0 Å². The van der Waals surface area contributed by atoms with E-state index < -0.39 is 11.7 Å². The maximum atomic E-state index is 13.4. The van der Waals surface area contributed by atoms with Gasteiger partial charge in [0.05, 0.1) is 5.56 Å². The lowest BCUT2D eigenvalue weighted by Gasteiger charge is -2.46. The van der Waals surface area contributed by atoms with Gasteiger partial charge in [-0.25, -0.2) is 4.79 Å². The minimum atomic E-state index is -4.46. The van der Waals surface area contributed by atoms with Gasteiger partial charge in [-0.2, -0.15) is 13.2 Å². The molecule has 1 aliphatic rings. The molecule has 7 heteroatoms. The quantitative estimate of drug-likeness (QED) is 0.493. The molecular weight excluding hydrogens is 427 g/mol. The van der Waals surface area contributed by atoms with E-state index in [1.54, 1.807) is 4.90 Å². The molecule has 2 aromatic carbocycles. The van der Waals surface area contributed by atoms with Crippen molar-refractivity contribution in [3.8, 4) is 0 Å². The summed E-state index contributed by atoms with van der Waals surface area (Å²) in [6, 6.07) is 14.8. The molecule has 180 valence electrons. The van der Waals surface area contributed by atoms with Crippen LogP contribution in [-0.4, -0.2) is 40.5 Å². The number of nitrogens with one attached hydrogen (secondary N) is 1. The number of hydrogen-bond acceptors (Lipinski definition) is 2. The molecule has 0 radical (unpaired) electrons. The van der Waals surface area contributed by atoms with Crippen LogP contribution in [0.5, 0.6) is 0 Å². The minimum Gasteiger partial charge on any atom is -0.317 e. The number of anilines is 1. The molecule has 2 atom stereocenters. The van der Waals surface area contributed by atoms with E-state index in [9.17, 15) is 18.0 Å². The average Bonchev–Trinajstić information content (AvgIpc) is 2.77. The molecule has 0 bridgehead atoms. The molecule has 2 aromatic rings. The summed E-state index contributed by atoms with van der Waals surface area (Å²) in [4.78, 5) is 17.7. The van der Waals surface area contributed by atoms with Crippen LogP contribution in [-0.2, 0) is 12.7 Å². The highest BCUT2D eigenvalue weighted by Crippen LogP contribution is 2.32. The number of unbranched alkanes of at least 4 members (excludes halogenated alkanes) is 1. The first kappa shape index (κ1) is 25.1. The average molecular weight is 462 g/mol. The Bertz CT molecular complexity index is 891. The van der Waals surface area contributed by atoms with Crippen molar-refractivity contribution in [1.29, 1.82) is 0 Å². The summed E-state index contributed by atoms with van der Waals surface area (Å²) in [5.41, 5.74) is 0.362. The van der Waals surface area contributed by atoms with Crippen LogP contribution in [0.1, 0.15) is 57.6 Å². The van der Waals surface area contributed by atoms with Gasteiger partial charge in [-0.05, 0) is 63.4 Å². The molecule has 1 aliphatic heterocycles. The zero-order valence-electron chi connectivity index (χ0n) is 19.6. The Morgan fingerprint density at radius 2 is 1.73 bits per heavy atom. The van der Waals surface area contributed by atoms with Gasteiger partial charge in [-0.15, -0.1) is 0 Å². The number of alkyl halides is 3. The lowest BCUT2D eigenvalue weighted by molar-refractivity contribution is -0.137. The van der Waals surface area contributed by atoms with Crippen LogP contribution in [0, 0.1) is 0 Å². The van der Waals surface area contributed by atoms with Gasteiger partial charge >= 0.3 is 12.2 Å². The zero-order valence-corrected chi connectivity index (χ0v) is 19.6. The van der Waals surface area contributed by atoms with Crippen molar-refractivity contribution in [1.82, 2.24) is 9.80 Å². The normalized spacial score (nSPS) is 21.6. The van der Waals surface area contributed by atoms with Gasteiger partial charge in [0.25, 0.3) is 0 Å². The number of piperidine rings is 1. The molecule has 0 aromatic heterocycles. The SMILES string of the molecule is CCCCN1C(C)CC(N(Cc2ccccc2)C(=O)Nc2cccc(C(F)(F)F)c2)CC1C. The monoisotopic (exact) mass is 461 g/mol. The third kappa shape index (κ3) is 6.73. The third-order valence-electron chi connectivity index (χ3n) is 6.47. The third-order valence-corrected chi connectivity index (χ3v) is 6.47. The zero-order chi connectivity index (χ0) is 24.0. The lowest BCUT2D eigenvalue weighted by atomic mass is 9.91. The van der Waals surface area contributed by atoms with Gasteiger partial charge in [0.2, 0.25) is 0 Å². The number of halogens is 3. The number of benzene rings is 2. The molecule has 3 rings (SSSR count). The fraction of sp³-hybridized carbons (Fsp3) is 0.500. The first-order valence-electron chi connectivity index (χ1n) is 11.7. The second kappa shape index (κ2) is 11.1. The van der Waals surface area contributed by atoms with Crippen LogP contribution in [0.25, 0.3) is 0 Å². The Hall–Kier alpha value is -2.54. The number of nitrogens with zero attached hydrogens (tertiary/aromatic N) is 2. The van der Waals surface area contributed by atoms with E-state index >= 15 is 0 Å². The maximum Gasteiger partial charge on any atom is 0.416 e. The highest BCUT2D eigenvalue weighted by atomic mass is 19.4. The van der Waals surface area contributed by atoms with E-state index in [4.69, 9.17) is 0 Å². The van der Waals surface area contributed by atoms with Crippen LogP contribution in [0.4, 0.5) is 23.7 Å². The van der Waals surface area contributed by atoms with E-state index in [0.29, 0.717) is 18.6 Å². The second-order valence-corrected chi connectivity index (χ2v) is 9.04. The molecule has 2 unspecified atom stereocenters. The first-order valence-corrected chi connectivity index (χ1v) is 11.7. The molecule has 33 heavy (non-hydrogen) atoms. The Morgan fingerprint density at radius 1 is 1.06 bits per heavy atom. The van der Waals surface area contributed by atoms with E-state index in [1.165, 1.54) is 12.1 Å². The fourth-order valence-electron chi connectivity index (χ4n) is 4.74. The lowest BCUT2D eigenvalue weighted by Crippen LogP contribution is -2.54. The maximum absolute atomic E-state index is 13.4. The van der Waals surface area contributed by atoms with Crippen LogP contribution < -0.4 is 5.32 Å². The second-order valence-electron chi connectivity index (χ2n) is 9.04. The van der Waals surface area contributed by atoms with E-state index in [-0.39, 0.29) is 17.8 Å². The Labute approximate surface area is 194 Å². The largest absolute Gasteiger partial charge is 0.416 e. The molecule has 0 saturated carbocycles. The number of hydrogen-bond donors (Lipinski definition) is 1. The molecule has 0 spiro atoms. The standard InChI is InChI=1S/C26H34F3N3O/c1-4-5-14-31-19(2)15-24(16-20(31)3)32(18-21-10-7-6-8-11-21)25(33)30-23-13-9-12-22(17-23)26(27,28)29/h6-13,17,19-20,24H,4-5,14-16,18H2,1-3H3,(H,30,33). The fourth-order valence-corrected chi connectivity index (χ4v) is 4.74. The highest BCUT2D eigenvalue weighted by molar-refractivity contribution is 5.89. The summed E-state index contributed by atoms with van der Waals surface area (Å²) in [6.45, 7) is 8.03. The molecular formula is C26H34F3N3O. The molecule has 0 aliphatic carbocycles. The summed E-state index contributed by atoms with van der Waals surface area (Å²) in [5, 5.41) is 2.72. The molecule has 4 nitrogen and oxygen atoms in total. The molecule has 1 saturated heterocycles. The smallest absolute Gasteiger partial charge is 0.317 e. The van der Waals surface area contributed by atoms with Gasteiger partial charge < -0.3 is 10.2 Å². The van der Waals surface area contributed by atoms with Gasteiger partial charge in [-0.3, -0.25) is 4.90 Å². The number of urea groups is 1. The number of carbonyl (C=O) groups excluding carboxylic acids is 1. The van der Waals surface area contributed by atoms with Crippen molar-refractivity contribution in [2.45, 2.75) is 77.3 Å². The van der Waals surface area contributed by atoms with Crippen molar-refractivity contribution < 1.29 is 18.0 Å². The summed E-state index contributed by atoms with van der Waals surface area (Å²) in [5.74, 6) is 0. The van der Waals surface area contributed by atoms with Crippen molar-refractivity contribution in [3.05, 3.63) is 65.7 Å². The van der Waals surface area contributed by atoms with Gasteiger partial charge in [0.15, 0.2) is 0 Å². The molecule has 1 heterocycles. The summed E-state index contributed by atoms with van der Waals surface area (Å²) in [6.07, 6.45) is -0.517. The highest BCUT2D eigenvalue weighted by Gasteiger charge is 2.36. The summed E-state index contributed by atoms with van der Waals surface area (Å²) in [7, 11) is 0. The van der Waals surface area contributed by atoms with Crippen molar-refractivity contribution in [2.24, 2.45) is 0 Å². The first-order chi connectivity index (χ1) is 15.7. The predicted molar refractivity (Wildman–Crippen MR) is 126 cm³/mol. The van der Waals surface area contributed by atoms with Gasteiger partial charge in [0, 0.05) is 30.4 Å². The number of carbonyl (C=O) groups is 1. The van der Waals surface area contributed by atoms with Crippen molar-refractivity contribution in [2.75, 3.05) is 11.9 Å². The Kier molecular flexibility index (Phi) is 8.40. The predicted octanol–water partition coefficient (Wildman–Crippen LogP) is 6.78. The van der Waals surface area contributed by atoms with Crippen LogP contribution in [0.3, 0.4) is 0 Å². The number of amides is 2. The van der Waals surface area contributed by atoms with E-state index in [2.05, 4.69) is 31.0 Å². The molecule has 1 N–H and O–H groups in total. The summed E-state index contributed by atoms with van der Waals surface area (Å²) >= 11 is 0. The van der Waals surface area contributed by atoms with Crippen molar-refractivity contribution in [3.63, 3.8) is 0 Å². The minimum absolute atomic E-state index is 0.00104. The summed E-state index contributed by atoms with van der Waals surface area (Å²) < 4.78 is 39.4. The Morgan fingerprint density at radius 3 is 2.33 bits per heavy atom. The number of rotatable bonds is 7. The van der Waals surface area contributed by atoms with E-state index in [0.717, 1.165) is 49.9 Å². The van der Waals surface area contributed by atoms with Gasteiger partial charge in [-0.1, -0.05) is 49.7 Å². The Balaban J connectivity index is 1.81. The van der Waals surface area contributed by atoms with Gasteiger partial charge in [0.1, 0.15) is 0 Å². The molecule has 1 fully saturated rings. The number of likely N-dealkylation sites (tertiary alicyclic amines) is 1. The van der Waals surface area contributed by atoms with Crippen LogP contribution in [0.15, 0.2) is 54.6 Å². The van der Waals surface area contributed by atoms with Crippen molar-refractivity contribution >= 4 is 11.7 Å². The topological polar surface area (TPSA) is 35.6 Å². The molecule has 2 amide bonds. The van der Waals surface area contributed by atoms with E-state index in [1.807, 2.05) is 30.3 Å². The van der Waals surface area contributed by atoms with Crippen LogP contribution in [0.2, 0.25) is 0 Å².